The average Bonchev–Trinajstić information content (AvgIpc) is 3.25. The van der Waals surface area contributed by atoms with Crippen LogP contribution in [-0.2, 0) is 0 Å². The Labute approximate surface area is 347 Å². The number of anilines is 3. The summed E-state index contributed by atoms with van der Waals surface area (Å²) in [7, 11) is 0. The van der Waals surface area contributed by atoms with Crippen molar-refractivity contribution in [3.8, 4) is 34.5 Å². The molecule has 0 amide bonds. The van der Waals surface area contributed by atoms with E-state index in [1.54, 1.807) is 0 Å². The van der Waals surface area contributed by atoms with E-state index >= 15 is 0 Å². The van der Waals surface area contributed by atoms with Crippen molar-refractivity contribution >= 4 is 28.6 Å². The third kappa shape index (κ3) is 8.02. The molecule has 0 saturated heterocycles. The number of ether oxygens (including phenoxy) is 2. The number of phenolic OH excluding ortho intramolecular Hbond substituents is 2. The highest BCUT2D eigenvalue weighted by molar-refractivity contribution is 6.34. The summed E-state index contributed by atoms with van der Waals surface area (Å²) in [5.74, 6) is 1.41. The third-order valence-corrected chi connectivity index (χ3v) is 13.3. The molecule has 0 unspecified atom stereocenters. The number of carbonyl (C=O) groups is 2. The first kappa shape index (κ1) is 40.0. The van der Waals surface area contributed by atoms with Gasteiger partial charge >= 0.3 is 0 Å². The van der Waals surface area contributed by atoms with Crippen LogP contribution in [0.2, 0.25) is 0 Å². The maximum Gasteiger partial charge on any atom is 0.200 e. The Bertz CT molecular complexity index is 2330. The molecule has 8 nitrogen and oxygen atoms in total. The number of rotatable bonds is 11. The number of fused-ring (bicyclic) bond motifs is 2. The molecule has 306 valence electrons. The summed E-state index contributed by atoms with van der Waals surface area (Å²) in [6.07, 6.45) is 12.0. The Hall–Kier alpha value is -5.76. The van der Waals surface area contributed by atoms with Gasteiger partial charge in [0.05, 0.1) is 27.9 Å². The molecule has 0 spiro atoms. The number of hydrogen-bond donors (Lipinski definition) is 4. The summed E-state index contributed by atoms with van der Waals surface area (Å²) >= 11 is 0. The van der Waals surface area contributed by atoms with Crippen LogP contribution in [0.15, 0.2) is 84.9 Å². The summed E-state index contributed by atoms with van der Waals surface area (Å²) in [5, 5.41) is 26.8. The van der Waals surface area contributed by atoms with Gasteiger partial charge in [-0.3, -0.25) is 9.59 Å². The van der Waals surface area contributed by atoms with Crippen LogP contribution in [0.1, 0.15) is 158 Å². The number of phenols is 2. The highest BCUT2D eigenvalue weighted by Gasteiger charge is 2.40. The van der Waals surface area contributed by atoms with Gasteiger partial charge < -0.3 is 30.7 Å². The van der Waals surface area contributed by atoms with Crippen LogP contribution in [0.25, 0.3) is 0 Å². The van der Waals surface area contributed by atoms with Gasteiger partial charge in [-0.05, 0) is 134 Å². The molecular weight excluding hydrogens is 737 g/mol. The van der Waals surface area contributed by atoms with E-state index in [-0.39, 0.29) is 45.1 Å². The molecule has 2 saturated carbocycles. The molecule has 0 atom stereocenters. The first-order chi connectivity index (χ1) is 28.5. The minimum atomic E-state index is -0.713. The van der Waals surface area contributed by atoms with Gasteiger partial charge in [-0.1, -0.05) is 76.9 Å². The summed E-state index contributed by atoms with van der Waals surface area (Å²) in [5.41, 5.74) is 10.2. The van der Waals surface area contributed by atoms with Crippen molar-refractivity contribution in [1.82, 2.24) is 0 Å². The van der Waals surface area contributed by atoms with Crippen LogP contribution in [0.3, 0.4) is 0 Å². The van der Waals surface area contributed by atoms with Crippen LogP contribution in [0.5, 0.6) is 34.5 Å². The van der Waals surface area contributed by atoms with E-state index in [2.05, 4.69) is 57.3 Å². The van der Waals surface area contributed by atoms with Crippen LogP contribution in [-0.4, -0.2) is 21.8 Å². The molecule has 8 rings (SSSR count). The normalized spacial score (nSPS) is 20.2. The molecule has 0 aromatic heterocycles. The van der Waals surface area contributed by atoms with Gasteiger partial charge in [0.25, 0.3) is 0 Å². The fourth-order valence-electron chi connectivity index (χ4n) is 9.53. The zero-order valence-electron chi connectivity index (χ0n) is 34.6. The molecule has 0 heterocycles. The Morgan fingerprint density at radius 2 is 1.05 bits per heavy atom. The molecule has 0 aliphatic heterocycles. The topological polar surface area (TPSA) is 131 Å². The second kappa shape index (κ2) is 16.8. The van der Waals surface area contributed by atoms with Gasteiger partial charge in [0.1, 0.15) is 11.5 Å². The standard InChI is InChI=1S/C51H56N2O6/c1-5-30-7-11-33(12-8-30)35-17-23-38(24-18-35)58-42-27-40(52)44-46(48(42)54)51(57)45-41(53-37-21-15-32(16-22-37)29(3)4)28-43(49(55)47(45)50(44)56)59-39-25-19-36(20-26-39)34-13-9-31(6-2)10-14-34/h15-31,33-34,53-55H,5-14,52H2,1-4H3. The van der Waals surface area contributed by atoms with Crippen LogP contribution >= 0.6 is 0 Å². The summed E-state index contributed by atoms with van der Waals surface area (Å²) in [6, 6.07) is 26.4. The predicted octanol–water partition coefficient (Wildman–Crippen LogP) is 13.3. The van der Waals surface area contributed by atoms with E-state index in [0.29, 0.717) is 34.9 Å². The fourth-order valence-corrected chi connectivity index (χ4v) is 9.53. The lowest BCUT2D eigenvalue weighted by Gasteiger charge is -2.28. The van der Waals surface area contributed by atoms with Gasteiger partial charge in [-0.2, -0.15) is 0 Å². The van der Waals surface area contributed by atoms with E-state index in [0.717, 1.165) is 43.1 Å². The van der Waals surface area contributed by atoms with E-state index in [1.807, 2.05) is 48.5 Å². The minimum absolute atomic E-state index is 0.00421. The van der Waals surface area contributed by atoms with Crippen molar-refractivity contribution in [2.45, 2.75) is 110 Å². The lowest BCUT2D eigenvalue weighted by Crippen LogP contribution is -2.24. The van der Waals surface area contributed by atoms with Crippen molar-refractivity contribution in [2.24, 2.45) is 11.8 Å². The zero-order valence-corrected chi connectivity index (χ0v) is 34.6. The van der Waals surface area contributed by atoms with Gasteiger partial charge in [-0.15, -0.1) is 0 Å². The minimum Gasteiger partial charge on any atom is -0.504 e. The highest BCUT2D eigenvalue weighted by Crippen LogP contribution is 2.50. The van der Waals surface area contributed by atoms with E-state index < -0.39 is 23.1 Å². The summed E-state index contributed by atoms with van der Waals surface area (Å²) < 4.78 is 12.4. The molecule has 3 aliphatic carbocycles. The number of hydrogen-bond acceptors (Lipinski definition) is 8. The van der Waals surface area contributed by atoms with Crippen molar-refractivity contribution in [3.05, 3.63) is 124 Å². The van der Waals surface area contributed by atoms with Gasteiger partial charge in [0, 0.05) is 23.5 Å². The Balaban J connectivity index is 1.12. The van der Waals surface area contributed by atoms with E-state index in [1.165, 1.54) is 61.8 Å². The molecule has 0 radical (unpaired) electrons. The monoisotopic (exact) mass is 792 g/mol. The molecule has 5 aromatic rings. The number of nitrogens with two attached hydrogens (primary N) is 1. The second-order valence-electron chi connectivity index (χ2n) is 17.2. The summed E-state index contributed by atoms with van der Waals surface area (Å²) in [6.45, 7) is 8.75. The number of aromatic hydroxyl groups is 2. The quantitative estimate of drug-likeness (QED) is 0.0753. The van der Waals surface area contributed by atoms with Gasteiger partial charge in [0.2, 0.25) is 11.6 Å². The molecule has 0 bridgehead atoms. The second-order valence-corrected chi connectivity index (χ2v) is 17.2. The lowest BCUT2D eigenvalue weighted by molar-refractivity contribution is 0.0974. The SMILES string of the molecule is CCC1CCC(c2ccc(Oc3cc(N)c4c(c3O)C(=O)c3c(Nc5ccc(C(C)C)cc5)cc(Oc5ccc(C6CCC(CC)CC6)cc5)c(O)c3C4=O)cc2)CC1. The molecule has 59 heavy (non-hydrogen) atoms. The lowest BCUT2D eigenvalue weighted by atomic mass is 9.78. The maximum atomic E-state index is 14.7. The van der Waals surface area contributed by atoms with Crippen molar-refractivity contribution in [2.75, 3.05) is 11.1 Å². The van der Waals surface area contributed by atoms with Crippen molar-refractivity contribution < 1.29 is 29.3 Å². The Morgan fingerprint density at radius 1 is 0.610 bits per heavy atom. The highest BCUT2D eigenvalue weighted by atomic mass is 16.5. The van der Waals surface area contributed by atoms with Crippen LogP contribution < -0.4 is 20.5 Å². The third-order valence-electron chi connectivity index (χ3n) is 13.3. The van der Waals surface area contributed by atoms with Crippen LogP contribution in [0.4, 0.5) is 17.1 Å². The average molecular weight is 793 g/mol. The maximum absolute atomic E-state index is 14.7. The molecule has 5 N–H and O–H groups in total. The number of ketones is 2. The summed E-state index contributed by atoms with van der Waals surface area (Å²) in [4.78, 5) is 29.2. The van der Waals surface area contributed by atoms with E-state index in [9.17, 15) is 19.8 Å². The first-order valence-corrected chi connectivity index (χ1v) is 21.6. The Morgan fingerprint density at radius 3 is 1.51 bits per heavy atom. The van der Waals surface area contributed by atoms with Gasteiger partial charge in [-0.25, -0.2) is 0 Å². The van der Waals surface area contributed by atoms with Gasteiger partial charge in [0.15, 0.2) is 23.0 Å². The first-order valence-electron chi connectivity index (χ1n) is 21.6. The number of nitrogen functional groups attached to an aromatic ring is 1. The Kier molecular flexibility index (Phi) is 11.4. The number of carbonyl (C=O) groups excluding carboxylic acids is 2. The van der Waals surface area contributed by atoms with Crippen molar-refractivity contribution in [3.63, 3.8) is 0 Å². The number of benzene rings is 5. The van der Waals surface area contributed by atoms with Crippen molar-refractivity contribution in [1.29, 1.82) is 0 Å². The largest absolute Gasteiger partial charge is 0.504 e. The molecule has 8 heteroatoms. The molecular formula is C51H56N2O6. The molecule has 5 aromatic carbocycles. The van der Waals surface area contributed by atoms with Crippen LogP contribution in [0, 0.1) is 11.8 Å². The predicted molar refractivity (Wildman–Crippen MR) is 234 cm³/mol. The zero-order chi connectivity index (χ0) is 41.4. The fraction of sp³-hybridized carbons (Fsp3) is 0.373. The van der Waals surface area contributed by atoms with E-state index in [4.69, 9.17) is 15.2 Å². The smallest absolute Gasteiger partial charge is 0.200 e. The number of nitrogens with one attached hydrogen (secondary N) is 1. The molecule has 3 aliphatic rings. The molecule has 2 fully saturated rings.